The highest BCUT2D eigenvalue weighted by Crippen LogP contribution is 2.28. The summed E-state index contributed by atoms with van der Waals surface area (Å²) >= 11 is 0. The molecule has 0 saturated heterocycles. The molecule has 0 aliphatic carbocycles. The minimum absolute atomic E-state index is 0.998. The van der Waals surface area contributed by atoms with E-state index < -0.39 is 0 Å². The molecule has 0 spiro atoms. The summed E-state index contributed by atoms with van der Waals surface area (Å²) in [5, 5.41) is 0. The van der Waals surface area contributed by atoms with Crippen LogP contribution >= 0.6 is 0 Å². The highest BCUT2D eigenvalue weighted by molar-refractivity contribution is 5.75. The summed E-state index contributed by atoms with van der Waals surface area (Å²) in [7, 11) is 0. The summed E-state index contributed by atoms with van der Waals surface area (Å²) in [6.07, 6.45) is 1.88. The Hall–Kier alpha value is -3.19. The molecule has 0 aliphatic heterocycles. The second kappa shape index (κ2) is 6.51. The molecule has 0 saturated carbocycles. The van der Waals surface area contributed by atoms with E-state index in [-0.39, 0.29) is 0 Å². The van der Waals surface area contributed by atoms with E-state index in [1.165, 1.54) is 22.3 Å². The monoisotopic (exact) mass is 307 g/mol. The highest BCUT2D eigenvalue weighted by atomic mass is 14.7. The van der Waals surface area contributed by atoms with Gasteiger partial charge in [0, 0.05) is 11.8 Å². The lowest BCUT2D eigenvalue weighted by Crippen LogP contribution is -1.86. The Morgan fingerprint density at radius 1 is 0.417 bits per heavy atom. The first-order chi connectivity index (χ1) is 11.9. The molecule has 1 heterocycles. The SMILES string of the molecule is c1ccc(-c2cccc(-c3ccnc(-c4ccccc4)c3)c2)cc1. The predicted octanol–water partition coefficient (Wildman–Crippen LogP) is 6.08. The minimum atomic E-state index is 0.998. The Morgan fingerprint density at radius 3 is 1.67 bits per heavy atom. The Morgan fingerprint density at radius 2 is 0.958 bits per heavy atom. The highest BCUT2D eigenvalue weighted by Gasteiger charge is 2.04. The van der Waals surface area contributed by atoms with Crippen molar-refractivity contribution in [3.05, 3.63) is 103 Å². The van der Waals surface area contributed by atoms with E-state index in [4.69, 9.17) is 0 Å². The van der Waals surface area contributed by atoms with Gasteiger partial charge < -0.3 is 0 Å². The molecule has 114 valence electrons. The lowest BCUT2D eigenvalue weighted by molar-refractivity contribution is 1.33. The number of benzene rings is 3. The van der Waals surface area contributed by atoms with Crippen molar-refractivity contribution in [3.8, 4) is 33.5 Å². The predicted molar refractivity (Wildman–Crippen MR) is 101 cm³/mol. The van der Waals surface area contributed by atoms with Gasteiger partial charge in [0.2, 0.25) is 0 Å². The minimum Gasteiger partial charge on any atom is -0.256 e. The van der Waals surface area contributed by atoms with Gasteiger partial charge >= 0.3 is 0 Å². The van der Waals surface area contributed by atoms with Gasteiger partial charge in [-0.25, -0.2) is 0 Å². The van der Waals surface area contributed by atoms with Crippen LogP contribution in [0.25, 0.3) is 33.5 Å². The summed E-state index contributed by atoms with van der Waals surface area (Å²) in [5.74, 6) is 0. The number of hydrogen-bond acceptors (Lipinski definition) is 1. The molecule has 0 atom stereocenters. The lowest BCUT2D eigenvalue weighted by atomic mass is 9.98. The maximum absolute atomic E-state index is 4.52. The summed E-state index contributed by atoms with van der Waals surface area (Å²) in [4.78, 5) is 4.52. The first-order valence-corrected chi connectivity index (χ1v) is 8.07. The van der Waals surface area contributed by atoms with Crippen molar-refractivity contribution >= 4 is 0 Å². The third-order valence-electron chi connectivity index (χ3n) is 4.13. The molecule has 1 aromatic heterocycles. The number of aromatic nitrogens is 1. The fraction of sp³-hybridized carbons (Fsp3) is 0. The Labute approximate surface area is 142 Å². The third-order valence-corrected chi connectivity index (χ3v) is 4.13. The maximum atomic E-state index is 4.52. The zero-order valence-corrected chi connectivity index (χ0v) is 13.3. The van der Waals surface area contributed by atoms with E-state index in [0.29, 0.717) is 0 Å². The van der Waals surface area contributed by atoms with Crippen LogP contribution < -0.4 is 0 Å². The first kappa shape index (κ1) is 14.4. The average Bonchev–Trinajstić information content (AvgIpc) is 2.70. The van der Waals surface area contributed by atoms with Crippen LogP contribution in [-0.4, -0.2) is 4.98 Å². The maximum Gasteiger partial charge on any atom is 0.0708 e. The van der Waals surface area contributed by atoms with Crippen molar-refractivity contribution in [2.45, 2.75) is 0 Å². The summed E-state index contributed by atoms with van der Waals surface area (Å²) in [5.41, 5.74) is 6.98. The second-order valence-electron chi connectivity index (χ2n) is 5.74. The van der Waals surface area contributed by atoms with E-state index in [2.05, 4.69) is 77.8 Å². The normalized spacial score (nSPS) is 10.5. The molecule has 0 unspecified atom stereocenters. The Balaban J connectivity index is 1.75. The summed E-state index contributed by atoms with van der Waals surface area (Å²) in [6, 6.07) is 33.6. The van der Waals surface area contributed by atoms with Gasteiger partial charge in [0.15, 0.2) is 0 Å². The number of nitrogens with zero attached hydrogens (tertiary/aromatic N) is 1. The molecule has 0 aliphatic rings. The van der Waals surface area contributed by atoms with Gasteiger partial charge in [-0.05, 0) is 40.5 Å². The molecular weight excluding hydrogens is 290 g/mol. The molecule has 1 heteroatoms. The quantitative estimate of drug-likeness (QED) is 0.447. The van der Waals surface area contributed by atoms with Crippen molar-refractivity contribution in [1.29, 1.82) is 0 Å². The van der Waals surface area contributed by atoms with Crippen LogP contribution in [0.1, 0.15) is 0 Å². The topological polar surface area (TPSA) is 12.9 Å². The van der Waals surface area contributed by atoms with Gasteiger partial charge in [-0.2, -0.15) is 0 Å². The second-order valence-corrected chi connectivity index (χ2v) is 5.74. The molecule has 4 rings (SSSR count). The van der Waals surface area contributed by atoms with Crippen molar-refractivity contribution < 1.29 is 0 Å². The molecular formula is C23H17N. The van der Waals surface area contributed by atoms with Crippen LogP contribution in [0.4, 0.5) is 0 Å². The van der Waals surface area contributed by atoms with E-state index in [1.807, 2.05) is 30.5 Å². The van der Waals surface area contributed by atoms with Crippen molar-refractivity contribution in [3.63, 3.8) is 0 Å². The van der Waals surface area contributed by atoms with Crippen molar-refractivity contribution in [2.75, 3.05) is 0 Å². The largest absolute Gasteiger partial charge is 0.256 e. The third kappa shape index (κ3) is 2.97. The van der Waals surface area contributed by atoms with E-state index in [0.717, 1.165) is 11.3 Å². The van der Waals surface area contributed by atoms with E-state index in [9.17, 15) is 0 Å². The van der Waals surface area contributed by atoms with Gasteiger partial charge in [0.1, 0.15) is 0 Å². The molecule has 0 N–H and O–H groups in total. The fourth-order valence-electron chi connectivity index (χ4n) is 2.89. The molecule has 4 aromatic rings. The molecule has 24 heavy (non-hydrogen) atoms. The van der Waals surface area contributed by atoms with E-state index >= 15 is 0 Å². The van der Waals surface area contributed by atoms with Gasteiger partial charge in [-0.3, -0.25) is 4.98 Å². The standard InChI is InChI=1S/C23H17N/c1-3-8-18(9-4-1)20-12-7-13-21(16-20)22-14-15-24-23(17-22)19-10-5-2-6-11-19/h1-17H. The van der Waals surface area contributed by atoms with Crippen LogP contribution in [0.5, 0.6) is 0 Å². The van der Waals surface area contributed by atoms with Crippen LogP contribution in [0.2, 0.25) is 0 Å². The number of pyridine rings is 1. The summed E-state index contributed by atoms with van der Waals surface area (Å²) in [6.45, 7) is 0. The summed E-state index contributed by atoms with van der Waals surface area (Å²) < 4.78 is 0. The number of rotatable bonds is 3. The van der Waals surface area contributed by atoms with Crippen molar-refractivity contribution in [2.24, 2.45) is 0 Å². The average molecular weight is 307 g/mol. The van der Waals surface area contributed by atoms with Gasteiger partial charge in [-0.15, -0.1) is 0 Å². The zero-order chi connectivity index (χ0) is 16.2. The lowest BCUT2D eigenvalue weighted by Gasteiger charge is -2.08. The van der Waals surface area contributed by atoms with Gasteiger partial charge in [0.25, 0.3) is 0 Å². The van der Waals surface area contributed by atoms with Crippen LogP contribution in [0.3, 0.4) is 0 Å². The van der Waals surface area contributed by atoms with Crippen LogP contribution in [-0.2, 0) is 0 Å². The molecule has 0 amide bonds. The van der Waals surface area contributed by atoms with Gasteiger partial charge in [0.05, 0.1) is 5.69 Å². The Bertz CT molecular complexity index is 863. The molecule has 3 aromatic carbocycles. The van der Waals surface area contributed by atoms with Gasteiger partial charge in [-0.1, -0.05) is 78.9 Å². The first-order valence-electron chi connectivity index (χ1n) is 8.07. The number of hydrogen-bond donors (Lipinski definition) is 0. The fourth-order valence-corrected chi connectivity index (χ4v) is 2.89. The molecule has 0 bridgehead atoms. The van der Waals surface area contributed by atoms with Crippen LogP contribution in [0.15, 0.2) is 103 Å². The smallest absolute Gasteiger partial charge is 0.0708 e. The van der Waals surface area contributed by atoms with Crippen LogP contribution in [0, 0.1) is 0 Å². The zero-order valence-electron chi connectivity index (χ0n) is 13.3. The Kier molecular flexibility index (Phi) is 3.91. The van der Waals surface area contributed by atoms with E-state index in [1.54, 1.807) is 0 Å². The van der Waals surface area contributed by atoms with Crippen molar-refractivity contribution in [1.82, 2.24) is 4.98 Å². The molecule has 0 radical (unpaired) electrons. The molecule has 0 fully saturated rings. The molecule has 1 nitrogen and oxygen atoms in total.